The Bertz CT molecular complexity index is 573. The summed E-state index contributed by atoms with van der Waals surface area (Å²) in [5.41, 5.74) is -0.525. The van der Waals surface area contributed by atoms with Crippen molar-refractivity contribution in [1.82, 2.24) is 5.32 Å². The Morgan fingerprint density at radius 2 is 2.05 bits per heavy atom. The largest absolute Gasteiger partial charge is 0.340 e. The van der Waals surface area contributed by atoms with Crippen molar-refractivity contribution < 1.29 is 14.0 Å². The average molecular weight is 292 g/mol. The Hall–Kier alpha value is -1.91. The molecule has 5 heteroatoms. The average Bonchev–Trinajstić information content (AvgIpc) is 2.42. The van der Waals surface area contributed by atoms with Crippen LogP contribution in [0.1, 0.15) is 34.1 Å². The van der Waals surface area contributed by atoms with Gasteiger partial charge in [0.05, 0.1) is 0 Å². The third-order valence-electron chi connectivity index (χ3n) is 4.06. The van der Waals surface area contributed by atoms with Crippen molar-refractivity contribution in [2.45, 2.75) is 45.7 Å². The minimum absolute atomic E-state index is 0.0707. The number of carbonyl (C=O) groups excluding carboxylic acids is 2. The van der Waals surface area contributed by atoms with Crippen molar-refractivity contribution in [2.24, 2.45) is 5.92 Å². The van der Waals surface area contributed by atoms with E-state index in [0.717, 1.165) is 0 Å². The van der Waals surface area contributed by atoms with E-state index in [1.54, 1.807) is 19.1 Å². The van der Waals surface area contributed by atoms with Crippen molar-refractivity contribution in [3.8, 4) is 0 Å². The molecule has 2 rings (SSSR count). The quantitative estimate of drug-likeness (QED) is 0.930. The zero-order valence-electron chi connectivity index (χ0n) is 12.8. The standard InChI is InChI=1S/C16H21FN2O2/c1-5-16(4)15(21)19(12-8-6-7-11(17)9-12)13(10(2)3)14(20)18-16/h6-10,13H,5H2,1-4H3,(H,18,20). The molecular weight excluding hydrogens is 271 g/mol. The fourth-order valence-electron chi connectivity index (χ4n) is 2.65. The van der Waals surface area contributed by atoms with Crippen LogP contribution < -0.4 is 10.2 Å². The summed E-state index contributed by atoms with van der Waals surface area (Å²) in [5, 5.41) is 2.81. The first kappa shape index (κ1) is 15.5. The highest BCUT2D eigenvalue weighted by Crippen LogP contribution is 2.30. The molecular formula is C16H21FN2O2. The van der Waals surface area contributed by atoms with Gasteiger partial charge in [-0.3, -0.25) is 14.5 Å². The van der Waals surface area contributed by atoms with Crippen molar-refractivity contribution in [2.75, 3.05) is 4.90 Å². The van der Waals surface area contributed by atoms with Crippen LogP contribution in [0.5, 0.6) is 0 Å². The Morgan fingerprint density at radius 1 is 1.38 bits per heavy atom. The van der Waals surface area contributed by atoms with Gasteiger partial charge in [-0.15, -0.1) is 0 Å². The Kier molecular flexibility index (Phi) is 4.03. The second-order valence-electron chi connectivity index (χ2n) is 6.02. The Balaban J connectivity index is 2.54. The van der Waals surface area contributed by atoms with Crippen LogP contribution in [0, 0.1) is 11.7 Å². The molecule has 0 radical (unpaired) electrons. The normalized spacial score (nSPS) is 26.2. The van der Waals surface area contributed by atoms with E-state index >= 15 is 0 Å². The molecule has 1 fully saturated rings. The highest BCUT2D eigenvalue weighted by molar-refractivity contribution is 6.10. The minimum atomic E-state index is -0.950. The van der Waals surface area contributed by atoms with Gasteiger partial charge in [-0.1, -0.05) is 26.8 Å². The molecule has 1 aromatic carbocycles. The molecule has 0 spiro atoms. The topological polar surface area (TPSA) is 49.4 Å². The first-order valence-corrected chi connectivity index (χ1v) is 7.21. The predicted octanol–water partition coefficient (Wildman–Crippen LogP) is 2.48. The van der Waals surface area contributed by atoms with Crippen LogP contribution in [0.2, 0.25) is 0 Å². The molecule has 4 nitrogen and oxygen atoms in total. The maximum Gasteiger partial charge on any atom is 0.253 e. The Morgan fingerprint density at radius 3 is 2.57 bits per heavy atom. The first-order chi connectivity index (χ1) is 9.80. The lowest BCUT2D eigenvalue weighted by Crippen LogP contribution is -2.70. The van der Waals surface area contributed by atoms with Crippen LogP contribution in [0.15, 0.2) is 24.3 Å². The van der Waals surface area contributed by atoms with Gasteiger partial charge >= 0.3 is 0 Å². The summed E-state index contributed by atoms with van der Waals surface area (Å²) in [6, 6.07) is 5.19. The zero-order chi connectivity index (χ0) is 15.8. The van der Waals surface area contributed by atoms with Crippen LogP contribution in [-0.4, -0.2) is 23.4 Å². The van der Waals surface area contributed by atoms with Crippen LogP contribution >= 0.6 is 0 Å². The van der Waals surface area contributed by atoms with Gasteiger partial charge in [-0.2, -0.15) is 0 Å². The number of hydrogen-bond acceptors (Lipinski definition) is 2. The fraction of sp³-hybridized carbons (Fsp3) is 0.500. The van der Waals surface area contributed by atoms with Gasteiger partial charge in [-0.05, 0) is 37.5 Å². The summed E-state index contributed by atoms with van der Waals surface area (Å²) in [4.78, 5) is 26.7. The predicted molar refractivity (Wildman–Crippen MR) is 79.4 cm³/mol. The highest BCUT2D eigenvalue weighted by atomic mass is 19.1. The summed E-state index contributed by atoms with van der Waals surface area (Å²) in [5.74, 6) is -0.891. The van der Waals surface area contributed by atoms with E-state index in [1.807, 2.05) is 20.8 Å². The van der Waals surface area contributed by atoms with E-state index < -0.39 is 17.4 Å². The van der Waals surface area contributed by atoms with Crippen molar-refractivity contribution in [3.63, 3.8) is 0 Å². The molecule has 21 heavy (non-hydrogen) atoms. The van der Waals surface area contributed by atoms with Crippen LogP contribution in [-0.2, 0) is 9.59 Å². The molecule has 1 aromatic rings. The molecule has 2 atom stereocenters. The SMILES string of the molecule is CCC1(C)NC(=O)C(C(C)C)N(c2cccc(F)c2)C1=O. The molecule has 1 aliphatic heterocycles. The highest BCUT2D eigenvalue weighted by Gasteiger charge is 2.48. The number of piperazine rings is 1. The molecule has 1 heterocycles. The molecule has 1 aliphatic rings. The smallest absolute Gasteiger partial charge is 0.253 e. The molecule has 2 unspecified atom stereocenters. The molecule has 0 bridgehead atoms. The lowest BCUT2D eigenvalue weighted by atomic mass is 9.88. The first-order valence-electron chi connectivity index (χ1n) is 7.21. The van der Waals surface area contributed by atoms with Crippen molar-refractivity contribution in [1.29, 1.82) is 0 Å². The van der Waals surface area contributed by atoms with Gasteiger partial charge in [0.2, 0.25) is 5.91 Å². The molecule has 0 aromatic heterocycles. The van der Waals surface area contributed by atoms with Gasteiger partial charge in [-0.25, -0.2) is 4.39 Å². The molecule has 2 amide bonds. The zero-order valence-corrected chi connectivity index (χ0v) is 12.8. The molecule has 1 N–H and O–H groups in total. The van der Waals surface area contributed by atoms with Crippen LogP contribution in [0.25, 0.3) is 0 Å². The van der Waals surface area contributed by atoms with E-state index in [9.17, 15) is 14.0 Å². The van der Waals surface area contributed by atoms with E-state index in [0.29, 0.717) is 12.1 Å². The molecule has 1 saturated heterocycles. The lowest BCUT2D eigenvalue weighted by Gasteiger charge is -2.45. The minimum Gasteiger partial charge on any atom is -0.340 e. The number of nitrogens with zero attached hydrogens (tertiary/aromatic N) is 1. The summed E-state index contributed by atoms with van der Waals surface area (Å²) in [7, 11) is 0. The monoisotopic (exact) mass is 292 g/mol. The van der Waals surface area contributed by atoms with Gasteiger partial charge in [0, 0.05) is 5.69 Å². The van der Waals surface area contributed by atoms with E-state index in [-0.39, 0.29) is 17.7 Å². The molecule has 0 saturated carbocycles. The van der Waals surface area contributed by atoms with E-state index in [2.05, 4.69) is 5.32 Å². The second kappa shape index (κ2) is 5.47. The number of anilines is 1. The number of amides is 2. The number of nitrogens with one attached hydrogen (secondary N) is 1. The maximum absolute atomic E-state index is 13.5. The lowest BCUT2D eigenvalue weighted by molar-refractivity contribution is -0.138. The molecule has 114 valence electrons. The summed E-state index contributed by atoms with van der Waals surface area (Å²) in [6.07, 6.45) is 0.480. The van der Waals surface area contributed by atoms with Crippen LogP contribution in [0.3, 0.4) is 0 Å². The number of rotatable bonds is 3. The summed E-state index contributed by atoms with van der Waals surface area (Å²) >= 11 is 0. The number of halogens is 1. The summed E-state index contributed by atoms with van der Waals surface area (Å²) in [6.45, 7) is 7.30. The number of benzene rings is 1. The third-order valence-corrected chi connectivity index (χ3v) is 4.06. The van der Waals surface area contributed by atoms with Crippen molar-refractivity contribution in [3.05, 3.63) is 30.1 Å². The Labute approximate surface area is 124 Å². The van der Waals surface area contributed by atoms with E-state index in [4.69, 9.17) is 0 Å². The fourth-order valence-corrected chi connectivity index (χ4v) is 2.65. The maximum atomic E-state index is 13.5. The molecule has 0 aliphatic carbocycles. The third kappa shape index (κ3) is 2.64. The van der Waals surface area contributed by atoms with Gasteiger partial charge in [0.25, 0.3) is 5.91 Å². The van der Waals surface area contributed by atoms with Gasteiger partial charge < -0.3 is 5.32 Å². The van der Waals surface area contributed by atoms with Crippen LogP contribution in [0.4, 0.5) is 10.1 Å². The van der Waals surface area contributed by atoms with Gasteiger partial charge in [0.15, 0.2) is 0 Å². The number of carbonyl (C=O) groups is 2. The van der Waals surface area contributed by atoms with Gasteiger partial charge in [0.1, 0.15) is 17.4 Å². The number of hydrogen-bond donors (Lipinski definition) is 1. The second-order valence-corrected chi connectivity index (χ2v) is 6.02. The van der Waals surface area contributed by atoms with E-state index in [1.165, 1.54) is 17.0 Å². The summed E-state index contributed by atoms with van der Waals surface area (Å²) < 4.78 is 13.5. The van der Waals surface area contributed by atoms with Crippen molar-refractivity contribution >= 4 is 17.5 Å².